The van der Waals surface area contributed by atoms with Crippen LogP contribution in [0, 0.1) is 13.8 Å². The van der Waals surface area contributed by atoms with Crippen molar-refractivity contribution in [3.63, 3.8) is 0 Å². The average Bonchev–Trinajstić information content (AvgIpc) is 3.41. The summed E-state index contributed by atoms with van der Waals surface area (Å²) in [5, 5.41) is 5.18. The Labute approximate surface area is 205 Å². The van der Waals surface area contributed by atoms with Crippen LogP contribution in [0.2, 0.25) is 0 Å². The second-order valence-electron chi connectivity index (χ2n) is 8.79. The number of imidazole rings is 1. The van der Waals surface area contributed by atoms with Gasteiger partial charge in [0.1, 0.15) is 17.1 Å². The van der Waals surface area contributed by atoms with Crippen LogP contribution in [0.3, 0.4) is 0 Å². The van der Waals surface area contributed by atoms with Crippen LogP contribution in [0.25, 0.3) is 33.1 Å². The van der Waals surface area contributed by atoms with Crippen molar-refractivity contribution in [1.29, 1.82) is 0 Å². The van der Waals surface area contributed by atoms with E-state index in [9.17, 15) is 0 Å². The summed E-state index contributed by atoms with van der Waals surface area (Å²) in [5.74, 6) is 1.82. The third-order valence-electron chi connectivity index (χ3n) is 6.54. The Hall–Kier alpha value is -4.25. The molecule has 0 aliphatic carbocycles. The second kappa shape index (κ2) is 9.18. The number of hydrogen-bond donors (Lipinski definition) is 0. The number of allylic oxidation sites excluding steroid dienone is 4. The first-order valence-corrected chi connectivity index (χ1v) is 11.7. The van der Waals surface area contributed by atoms with E-state index < -0.39 is 0 Å². The number of nitrogens with zero attached hydrogens (tertiary/aromatic N) is 4. The molecule has 3 aromatic heterocycles. The third kappa shape index (κ3) is 3.99. The number of aryl methyl sites for hydroxylation is 2. The van der Waals surface area contributed by atoms with Gasteiger partial charge in [-0.2, -0.15) is 0 Å². The number of pyridine rings is 1. The maximum absolute atomic E-state index is 5.40. The third-order valence-corrected chi connectivity index (χ3v) is 6.54. The predicted octanol–water partition coefficient (Wildman–Crippen LogP) is 7.31. The molecule has 1 unspecified atom stereocenters. The Balaban J connectivity index is 1.75. The van der Waals surface area contributed by atoms with Crippen molar-refractivity contribution < 1.29 is 4.52 Å². The number of benzene rings is 2. The van der Waals surface area contributed by atoms with E-state index in [4.69, 9.17) is 14.5 Å². The molecule has 0 aliphatic rings. The van der Waals surface area contributed by atoms with Gasteiger partial charge in [-0.1, -0.05) is 85.9 Å². The fraction of sp³-hybridized carbons (Fsp3) is 0.167. The average molecular weight is 461 g/mol. The van der Waals surface area contributed by atoms with E-state index in [2.05, 4.69) is 72.3 Å². The minimum atomic E-state index is 0.0400. The molecule has 0 saturated heterocycles. The second-order valence-corrected chi connectivity index (χ2v) is 8.79. The number of rotatable bonds is 7. The summed E-state index contributed by atoms with van der Waals surface area (Å²) in [7, 11) is 0. The maximum atomic E-state index is 5.40. The molecule has 0 spiro atoms. The first-order valence-electron chi connectivity index (χ1n) is 11.7. The Kier molecular flexibility index (Phi) is 5.91. The van der Waals surface area contributed by atoms with Gasteiger partial charge in [-0.3, -0.25) is 4.98 Å². The molecule has 0 radical (unpaired) electrons. The van der Waals surface area contributed by atoms with Crippen LogP contribution in [-0.4, -0.2) is 19.7 Å². The maximum Gasteiger partial charge on any atom is 0.141 e. The highest BCUT2D eigenvalue weighted by Gasteiger charge is 2.21. The van der Waals surface area contributed by atoms with Crippen molar-refractivity contribution >= 4 is 21.9 Å². The molecule has 0 N–H and O–H groups in total. The molecule has 0 bridgehead atoms. The van der Waals surface area contributed by atoms with Gasteiger partial charge < -0.3 is 9.09 Å². The van der Waals surface area contributed by atoms with E-state index in [1.807, 2.05) is 38.3 Å². The highest BCUT2D eigenvalue weighted by Crippen LogP contribution is 2.34. The predicted molar refractivity (Wildman–Crippen MR) is 142 cm³/mol. The van der Waals surface area contributed by atoms with Gasteiger partial charge >= 0.3 is 0 Å². The molecule has 0 fully saturated rings. The van der Waals surface area contributed by atoms with E-state index in [0.29, 0.717) is 6.54 Å². The van der Waals surface area contributed by atoms with Gasteiger partial charge in [-0.25, -0.2) is 4.98 Å². The van der Waals surface area contributed by atoms with Crippen molar-refractivity contribution in [2.75, 3.05) is 0 Å². The molecule has 0 aliphatic heterocycles. The van der Waals surface area contributed by atoms with E-state index in [0.717, 1.165) is 55.9 Å². The molecular weight excluding hydrogens is 432 g/mol. The van der Waals surface area contributed by atoms with Gasteiger partial charge in [-0.05, 0) is 36.6 Å². The van der Waals surface area contributed by atoms with Crippen molar-refractivity contribution in [2.24, 2.45) is 0 Å². The van der Waals surface area contributed by atoms with Crippen LogP contribution in [0.5, 0.6) is 0 Å². The Morgan fingerprint density at radius 2 is 1.89 bits per heavy atom. The van der Waals surface area contributed by atoms with Crippen molar-refractivity contribution in [3.05, 3.63) is 115 Å². The summed E-state index contributed by atoms with van der Waals surface area (Å²) >= 11 is 0. The minimum Gasteiger partial charge on any atom is -0.361 e. The fourth-order valence-corrected chi connectivity index (χ4v) is 4.81. The largest absolute Gasteiger partial charge is 0.361 e. The highest BCUT2D eigenvalue weighted by molar-refractivity contribution is 6.03. The van der Waals surface area contributed by atoms with Gasteiger partial charge in [0.2, 0.25) is 0 Å². The summed E-state index contributed by atoms with van der Waals surface area (Å²) in [4.78, 5) is 9.85. The molecule has 5 aromatic rings. The van der Waals surface area contributed by atoms with Crippen LogP contribution in [0.1, 0.15) is 35.7 Å². The zero-order valence-corrected chi connectivity index (χ0v) is 20.3. The summed E-state index contributed by atoms with van der Waals surface area (Å²) in [6.07, 6.45) is 7.54. The van der Waals surface area contributed by atoms with Crippen molar-refractivity contribution in [2.45, 2.75) is 33.2 Å². The molecule has 0 saturated carbocycles. The SMILES string of the molecule is C=C/C=C(\C=C)C(C)c1nc2cnc3cc(-c4c(C)noc4C)ccc3c2n1Cc1ccccc1. The molecule has 2 aromatic carbocycles. The lowest BCUT2D eigenvalue weighted by molar-refractivity contribution is 0.393. The molecule has 5 rings (SSSR count). The Bertz CT molecular complexity index is 1570. The number of hydrogen-bond acceptors (Lipinski definition) is 4. The van der Waals surface area contributed by atoms with Crippen LogP contribution in [0.4, 0.5) is 0 Å². The zero-order valence-electron chi connectivity index (χ0n) is 20.3. The van der Waals surface area contributed by atoms with Gasteiger partial charge in [0, 0.05) is 23.4 Å². The smallest absolute Gasteiger partial charge is 0.141 e. The van der Waals surface area contributed by atoms with Gasteiger partial charge in [0.25, 0.3) is 0 Å². The quantitative estimate of drug-likeness (QED) is 0.239. The molecule has 1 atom stereocenters. The summed E-state index contributed by atoms with van der Waals surface area (Å²) in [6, 6.07) is 16.8. The first kappa shape index (κ1) is 22.5. The summed E-state index contributed by atoms with van der Waals surface area (Å²) < 4.78 is 7.71. The van der Waals surface area contributed by atoms with E-state index in [-0.39, 0.29) is 5.92 Å². The Morgan fingerprint density at radius 3 is 2.57 bits per heavy atom. The zero-order chi connectivity index (χ0) is 24.5. The number of aromatic nitrogens is 4. The lowest BCUT2D eigenvalue weighted by atomic mass is 9.99. The van der Waals surface area contributed by atoms with E-state index in [1.54, 1.807) is 6.08 Å². The fourth-order valence-electron chi connectivity index (χ4n) is 4.81. The van der Waals surface area contributed by atoms with Crippen LogP contribution in [-0.2, 0) is 6.54 Å². The monoisotopic (exact) mass is 460 g/mol. The summed E-state index contributed by atoms with van der Waals surface area (Å²) in [6.45, 7) is 14.6. The van der Waals surface area contributed by atoms with E-state index >= 15 is 0 Å². The molecule has 0 amide bonds. The lowest BCUT2D eigenvalue weighted by Crippen LogP contribution is -2.09. The topological polar surface area (TPSA) is 56.7 Å². The van der Waals surface area contributed by atoms with E-state index in [1.165, 1.54) is 5.56 Å². The standard InChI is InChI=1S/C30H28N4O/c1-6-11-23(7-2)19(3)30-32-27-17-31-26-16-24(28-20(4)33-35-21(28)5)14-15-25(26)29(27)34(30)18-22-12-9-8-10-13-22/h6-17,19H,1-2,18H2,3-5H3/b23-11+. The number of fused-ring (bicyclic) bond motifs is 3. The molecular formula is C30H28N4O. The summed E-state index contributed by atoms with van der Waals surface area (Å²) in [5.41, 5.74) is 8.09. The minimum absolute atomic E-state index is 0.0400. The lowest BCUT2D eigenvalue weighted by Gasteiger charge is -2.16. The van der Waals surface area contributed by atoms with Gasteiger partial charge in [0.15, 0.2) is 0 Å². The normalized spacial score (nSPS) is 12.8. The van der Waals surface area contributed by atoms with Crippen LogP contribution < -0.4 is 0 Å². The van der Waals surface area contributed by atoms with Gasteiger partial charge in [0.05, 0.1) is 22.9 Å². The molecule has 5 nitrogen and oxygen atoms in total. The van der Waals surface area contributed by atoms with Crippen molar-refractivity contribution in [1.82, 2.24) is 19.7 Å². The van der Waals surface area contributed by atoms with Crippen LogP contribution >= 0.6 is 0 Å². The molecule has 3 heterocycles. The molecule has 5 heteroatoms. The Morgan fingerprint density at radius 1 is 1.09 bits per heavy atom. The highest BCUT2D eigenvalue weighted by atomic mass is 16.5. The van der Waals surface area contributed by atoms with Gasteiger partial charge in [-0.15, -0.1) is 0 Å². The molecule has 174 valence electrons. The first-order chi connectivity index (χ1) is 17.0. The molecule has 35 heavy (non-hydrogen) atoms. The van der Waals surface area contributed by atoms with Crippen LogP contribution in [0.15, 0.2) is 96.2 Å². The van der Waals surface area contributed by atoms with Crippen molar-refractivity contribution in [3.8, 4) is 11.1 Å².